The van der Waals surface area contributed by atoms with Gasteiger partial charge in [0.15, 0.2) is 5.13 Å². The summed E-state index contributed by atoms with van der Waals surface area (Å²) in [5.41, 5.74) is 2.85. The lowest BCUT2D eigenvalue weighted by Crippen LogP contribution is -2.11. The van der Waals surface area contributed by atoms with Crippen LogP contribution in [0.5, 0.6) is 0 Å². The number of aromatic nitrogens is 1. The zero-order valence-electron chi connectivity index (χ0n) is 13.3. The van der Waals surface area contributed by atoms with E-state index in [9.17, 15) is 4.79 Å². The molecule has 0 saturated heterocycles. The fourth-order valence-corrected chi connectivity index (χ4v) is 3.58. The minimum absolute atomic E-state index is 0.124. The quantitative estimate of drug-likeness (QED) is 0.646. The van der Waals surface area contributed by atoms with Crippen LogP contribution in [0.1, 0.15) is 35.7 Å². The number of nitrogens with zero attached hydrogens (tertiary/aromatic N) is 1. The van der Waals surface area contributed by atoms with Gasteiger partial charge in [-0.25, -0.2) is 4.98 Å². The van der Waals surface area contributed by atoms with Gasteiger partial charge in [0.05, 0.1) is 10.2 Å². The molecule has 0 aliphatic heterocycles. The third-order valence-corrected chi connectivity index (χ3v) is 5.33. The van der Waals surface area contributed by atoms with Crippen molar-refractivity contribution < 1.29 is 4.79 Å². The number of benzene rings is 2. The average molecular weight is 342 g/mol. The van der Waals surface area contributed by atoms with Crippen LogP contribution in [-0.2, 0) is 0 Å². The van der Waals surface area contributed by atoms with Crippen LogP contribution in [0, 0.1) is 0 Å². The molecule has 3 rings (SSSR count). The number of fused-ring (bicyclic) bond motifs is 1. The van der Waals surface area contributed by atoms with E-state index in [4.69, 9.17) is 0 Å². The molecule has 2 aromatic carbocycles. The summed E-state index contributed by atoms with van der Waals surface area (Å²) in [6, 6.07) is 13.8. The zero-order chi connectivity index (χ0) is 16.4. The van der Waals surface area contributed by atoms with Gasteiger partial charge in [-0.05, 0) is 54.1 Å². The van der Waals surface area contributed by atoms with Gasteiger partial charge in [0.2, 0.25) is 0 Å². The standard InChI is InChI=1S/C18H18N2OS2/c1-11(2)13-6-9-15-16(10-13)23-18(19-15)20-17(21)12-4-7-14(22-3)8-5-12/h4-11H,1-3H3,(H,19,20,21). The van der Waals surface area contributed by atoms with Crippen LogP contribution in [0.25, 0.3) is 10.2 Å². The maximum atomic E-state index is 12.3. The molecule has 0 spiro atoms. The molecule has 0 atom stereocenters. The molecule has 1 N–H and O–H groups in total. The summed E-state index contributed by atoms with van der Waals surface area (Å²) in [7, 11) is 0. The lowest BCUT2D eigenvalue weighted by Gasteiger charge is -2.03. The van der Waals surface area contributed by atoms with Crippen molar-refractivity contribution in [3.05, 3.63) is 53.6 Å². The van der Waals surface area contributed by atoms with Gasteiger partial charge in [-0.1, -0.05) is 31.3 Å². The fraction of sp³-hybridized carbons (Fsp3) is 0.222. The summed E-state index contributed by atoms with van der Waals surface area (Å²) in [5, 5.41) is 3.53. The van der Waals surface area contributed by atoms with Crippen LogP contribution >= 0.6 is 23.1 Å². The largest absolute Gasteiger partial charge is 0.298 e. The second kappa shape index (κ2) is 6.72. The monoisotopic (exact) mass is 342 g/mol. The third-order valence-electron chi connectivity index (χ3n) is 3.65. The van der Waals surface area contributed by atoms with E-state index in [0.29, 0.717) is 16.6 Å². The van der Waals surface area contributed by atoms with Crippen LogP contribution in [0.2, 0.25) is 0 Å². The lowest BCUT2D eigenvalue weighted by molar-refractivity contribution is 0.102. The Bertz CT molecular complexity index is 838. The van der Waals surface area contributed by atoms with E-state index in [0.717, 1.165) is 15.1 Å². The number of carbonyl (C=O) groups is 1. The predicted octanol–water partition coefficient (Wildman–Crippen LogP) is 5.39. The average Bonchev–Trinajstić information content (AvgIpc) is 2.96. The van der Waals surface area contributed by atoms with Gasteiger partial charge in [0.1, 0.15) is 0 Å². The summed E-state index contributed by atoms with van der Waals surface area (Å²) < 4.78 is 1.10. The molecular weight excluding hydrogens is 324 g/mol. The van der Waals surface area contributed by atoms with E-state index in [2.05, 4.69) is 36.3 Å². The highest BCUT2D eigenvalue weighted by Crippen LogP contribution is 2.29. The molecule has 0 bridgehead atoms. The first-order chi connectivity index (χ1) is 11.1. The maximum Gasteiger partial charge on any atom is 0.257 e. The summed E-state index contributed by atoms with van der Waals surface area (Å²) in [6.07, 6.45) is 2.02. The van der Waals surface area contributed by atoms with E-state index in [1.54, 1.807) is 11.8 Å². The van der Waals surface area contributed by atoms with Crippen molar-refractivity contribution in [2.24, 2.45) is 0 Å². The fourth-order valence-electron chi connectivity index (χ4n) is 2.27. The number of rotatable bonds is 4. The highest BCUT2D eigenvalue weighted by Gasteiger charge is 2.11. The van der Waals surface area contributed by atoms with Gasteiger partial charge >= 0.3 is 0 Å². The van der Waals surface area contributed by atoms with Crippen LogP contribution in [-0.4, -0.2) is 17.1 Å². The van der Waals surface area contributed by atoms with Gasteiger partial charge in [-0.3, -0.25) is 10.1 Å². The van der Waals surface area contributed by atoms with Crippen molar-refractivity contribution in [3.63, 3.8) is 0 Å². The number of amides is 1. The van der Waals surface area contributed by atoms with E-state index >= 15 is 0 Å². The SMILES string of the molecule is CSc1ccc(C(=O)Nc2nc3ccc(C(C)C)cc3s2)cc1. The molecule has 0 aliphatic carbocycles. The number of hydrogen-bond donors (Lipinski definition) is 1. The Labute approximate surface area is 144 Å². The summed E-state index contributed by atoms with van der Waals surface area (Å²) >= 11 is 3.17. The van der Waals surface area contributed by atoms with E-state index in [1.165, 1.54) is 16.9 Å². The van der Waals surface area contributed by atoms with Crippen molar-refractivity contribution in [1.29, 1.82) is 0 Å². The van der Waals surface area contributed by atoms with E-state index in [-0.39, 0.29) is 5.91 Å². The predicted molar refractivity (Wildman–Crippen MR) is 99.9 cm³/mol. The highest BCUT2D eigenvalue weighted by atomic mass is 32.2. The minimum atomic E-state index is -0.124. The van der Waals surface area contributed by atoms with E-state index in [1.807, 2.05) is 36.6 Å². The number of carbonyl (C=O) groups excluding carboxylic acids is 1. The molecule has 3 nitrogen and oxygen atoms in total. The first kappa shape index (κ1) is 16.0. The number of thiazole rings is 1. The maximum absolute atomic E-state index is 12.3. The number of anilines is 1. The van der Waals surface area contributed by atoms with Crippen LogP contribution in [0.3, 0.4) is 0 Å². The molecule has 1 amide bonds. The lowest BCUT2D eigenvalue weighted by atomic mass is 10.0. The Kier molecular flexibility index (Phi) is 4.68. The molecule has 0 unspecified atom stereocenters. The molecule has 3 aromatic rings. The smallest absolute Gasteiger partial charge is 0.257 e. The van der Waals surface area contributed by atoms with E-state index < -0.39 is 0 Å². The molecule has 1 heterocycles. The molecule has 118 valence electrons. The van der Waals surface area contributed by atoms with Crippen LogP contribution in [0.4, 0.5) is 5.13 Å². The minimum Gasteiger partial charge on any atom is -0.298 e. The Hall–Kier alpha value is -1.85. The van der Waals surface area contributed by atoms with Gasteiger partial charge in [-0.15, -0.1) is 11.8 Å². The third kappa shape index (κ3) is 3.57. The van der Waals surface area contributed by atoms with Crippen molar-refractivity contribution >= 4 is 44.4 Å². The van der Waals surface area contributed by atoms with Gasteiger partial charge in [0, 0.05) is 10.5 Å². The van der Waals surface area contributed by atoms with Crippen molar-refractivity contribution in [1.82, 2.24) is 4.98 Å². The number of nitrogens with one attached hydrogen (secondary N) is 1. The molecule has 1 aromatic heterocycles. The number of hydrogen-bond acceptors (Lipinski definition) is 4. The van der Waals surface area contributed by atoms with Crippen molar-refractivity contribution in [2.75, 3.05) is 11.6 Å². The first-order valence-corrected chi connectivity index (χ1v) is 9.47. The summed E-state index contributed by atoms with van der Waals surface area (Å²) in [5.74, 6) is 0.357. The summed E-state index contributed by atoms with van der Waals surface area (Å²) in [4.78, 5) is 18.0. The Balaban J connectivity index is 1.81. The Morgan fingerprint density at radius 2 is 1.91 bits per heavy atom. The van der Waals surface area contributed by atoms with Gasteiger partial charge in [-0.2, -0.15) is 0 Å². The molecule has 0 radical (unpaired) electrons. The second-order valence-electron chi connectivity index (χ2n) is 5.58. The highest BCUT2D eigenvalue weighted by molar-refractivity contribution is 7.98. The molecule has 5 heteroatoms. The van der Waals surface area contributed by atoms with Crippen molar-refractivity contribution in [2.45, 2.75) is 24.7 Å². The van der Waals surface area contributed by atoms with Crippen molar-refractivity contribution in [3.8, 4) is 0 Å². The van der Waals surface area contributed by atoms with Crippen LogP contribution < -0.4 is 5.32 Å². The molecular formula is C18H18N2OS2. The summed E-state index contributed by atoms with van der Waals surface area (Å²) in [6.45, 7) is 4.34. The second-order valence-corrected chi connectivity index (χ2v) is 7.49. The first-order valence-electron chi connectivity index (χ1n) is 7.42. The normalized spacial score (nSPS) is 11.1. The molecule has 0 aliphatic rings. The number of thioether (sulfide) groups is 1. The molecule has 0 saturated carbocycles. The zero-order valence-corrected chi connectivity index (χ0v) is 14.9. The van der Waals surface area contributed by atoms with Crippen LogP contribution in [0.15, 0.2) is 47.4 Å². The topological polar surface area (TPSA) is 42.0 Å². The van der Waals surface area contributed by atoms with Gasteiger partial charge < -0.3 is 0 Å². The molecule has 23 heavy (non-hydrogen) atoms. The Morgan fingerprint density at radius 1 is 1.17 bits per heavy atom. The Morgan fingerprint density at radius 3 is 2.57 bits per heavy atom. The molecule has 0 fully saturated rings. The van der Waals surface area contributed by atoms with Gasteiger partial charge in [0.25, 0.3) is 5.91 Å².